The number of aromatic amines is 1. The van der Waals surface area contributed by atoms with Gasteiger partial charge in [-0.05, 0) is 35.2 Å². The van der Waals surface area contributed by atoms with Crippen molar-refractivity contribution in [1.29, 1.82) is 0 Å². The number of rotatable bonds is 3. The molecule has 0 bridgehead atoms. The molecule has 4 rings (SSSR count). The van der Waals surface area contributed by atoms with Crippen LogP contribution < -0.4 is 21.3 Å². The molecule has 5 N–H and O–H groups in total. The average Bonchev–Trinajstić information content (AvgIpc) is 3.22. The Labute approximate surface area is 159 Å². The number of carbonyl (C=O) groups excluding carboxylic acids is 2. The van der Waals surface area contributed by atoms with Gasteiger partial charge in [-0.25, -0.2) is 4.98 Å². The molecule has 2 unspecified atom stereocenters. The van der Waals surface area contributed by atoms with Crippen LogP contribution in [0.15, 0.2) is 16.9 Å². The van der Waals surface area contributed by atoms with E-state index in [1.165, 1.54) is 0 Å². The van der Waals surface area contributed by atoms with Crippen LogP contribution in [0.5, 0.6) is 0 Å². The minimum Gasteiger partial charge on any atom is -0.368 e. The fraction of sp³-hybridized carbons (Fsp3) is 0.471. The first-order valence-electron chi connectivity index (χ1n) is 8.79. The summed E-state index contributed by atoms with van der Waals surface area (Å²) < 4.78 is 0.864. The molecule has 26 heavy (non-hydrogen) atoms. The maximum Gasteiger partial charge on any atom is 0.247 e. The van der Waals surface area contributed by atoms with Gasteiger partial charge in [0.15, 0.2) is 0 Å². The van der Waals surface area contributed by atoms with Crippen molar-refractivity contribution >= 4 is 50.2 Å². The molecule has 2 aromatic rings. The Morgan fingerprint density at radius 2 is 2.27 bits per heavy atom. The molecule has 2 aliphatic rings. The van der Waals surface area contributed by atoms with Gasteiger partial charge in [-0.3, -0.25) is 9.59 Å². The number of carbonyl (C=O) groups is 2. The van der Waals surface area contributed by atoms with Crippen LogP contribution in [0.25, 0.3) is 11.0 Å². The number of amides is 2. The Bertz CT molecular complexity index is 866. The number of pyridine rings is 1. The molecule has 9 heteroatoms. The fourth-order valence-corrected chi connectivity index (χ4v) is 4.26. The predicted molar refractivity (Wildman–Crippen MR) is 103 cm³/mol. The van der Waals surface area contributed by atoms with Crippen molar-refractivity contribution in [2.45, 2.75) is 37.8 Å². The number of hydrogen-bond donors (Lipinski definition) is 4. The fourth-order valence-electron chi connectivity index (χ4n) is 3.71. The number of nitrogens with one attached hydrogen (secondary N) is 3. The number of hydrogen-bond acceptors (Lipinski definition) is 5. The second-order valence-electron chi connectivity index (χ2n) is 6.88. The van der Waals surface area contributed by atoms with Crippen molar-refractivity contribution in [1.82, 2.24) is 15.3 Å². The van der Waals surface area contributed by atoms with Crippen molar-refractivity contribution in [2.75, 3.05) is 23.3 Å². The van der Waals surface area contributed by atoms with Crippen molar-refractivity contribution in [3.63, 3.8) is 0 Å². The number of halogens is 1. The van der Waals surface area contributed by atoms with Crippen molar-refractivity contribution in [3.8, 4) is 0 Å². The zero-order chi connectivity index (χ0) is 18.3. The van der Waals surface area contributed by atoms with Crippen LogP contribution in [0.3, 0.4) is 0 Å². The third-order valence-corrected chi connectivity index (χ3v) is 5.55. The second kappa shape index (κ2) is 6.88. The number of piperidine rings is 1. The zero-order valence-corrected chi connectivity index (χ0v) is 15.8. The van der Waals surface area contributed by atoms with E-state index in [1.807, 2.05) is 0 Å². The van der Waals surface area contributed by atoms with Crippen molar-refractivity contribution < 1.29 is 9.59 Å². The van der Waals surface area contributed by atoms with Crippen LogP contribution in [-0.2, 0) is 9.59 Å². The summed E-state index contributed by atoms with van der Waals surface area (Å²) in [5, 5.41) is 6.49. The van der Waals surface area contributed by atoms with E-state index < -0.39 is 6.04 Å². The van der Waals surface area contributed by atoms with E-state index in [1.54, 1.807) is 12.4 Å². The molecule has 0 spiro atoms. The highest BCUT2D eigenvalue weighted by Gasteiger charge is 2.29. The normalized spacial score (nSPS) is 23.3. The van der Waals surface area contributed by atoms with Gasteiger partial charge in [-0.15, -0.1) is 0 Å². The van der Waals surface area contributed by atoms with Crippen LogP contribution in [0.4, 0.5) is 11.4 Å². The lowest BCUT2D eigenvalue weighted by molar-refractivity contribution is -0.122. The molecule has 0 radical (unpaired) electrons. The number of nitrogens with two attached hydrogens (primary N) is 1. The van der Waals surface area contributed by atoms with Crippen LogP contribution in [0, 0.1) is 0 Å². The molecule has 2 saturated heterocycles. The molecule has 2 amide bonds. The number of fused-ring (bicyclic) bond motifs is 1. The Balaban J connectivity index is 1.68. The highest BCUT2D eigenvalue weighted by atomic mass is 79.9. The maximum atomic E-state index is 12.5. The smallest absolute Gasteiger partial charge is 0.247 e. The van der Waals surface area contributed by atoms with E-state index in [9.17, 15) is 9.59 Å². The third kappa shape index (κ3) is 3.16. The summed E-state index contributed by atoms with van der Waals surface area (Å²) in [6, 6.07) is -0.357. The third-order valence-electron chi connectivity index (χ3n) is 4.97. The minimum absolute atomic E-state index is 0.0866. The van der Waals surface area contributed by atoms with Crippen molar-refractivity contribution in [3.05, 3.63) is 16.9 Å². The Hall–Kier alpha value is -2.13. The van der Waals surface area contributed by atoms with E-state index in [4.69, 9.17) is 5.73 Å². The van der Waals surface area contributed by atoms with Gasteiger partial charge in [-0.1, -0.05) is 0 Å². The number of anilines is 2. The van der Waals surface area contributed by atoms with Crippen LogP contribution in [-0.4, -0.2) is 47.0 Å². The summed E-state index contributed by atoms with van der Waals surface area (Å²) in [5.74, 6) is -0.297. The first-order chi connectivity index (χ1) is 12.5. The molecule has 4 heterocycles. The molecule has 0 aromatic carbocycles. The highest BCUT2D eigenvalue weighted by Crippen LogP contribution is 2.38. The highest BCUT2D eigenvalue weighted by molar-refractivity contribution is 9.10. The van der Waals surface area contributed by atoms with Gasteiger partial charge < -0.3 is 26.3 Å². The molecule has 2 aliphatic heterocycles. The largest absolute Gasteiger partial charge is 0.368 e. The quantitative estimate of drug-likeness (QED) is 0.599. The molecular weight excluding hydrogens is 400 g/mol. The summed E-state index contributed by atoms with van der Waals surface area (Å²) in [6.45, 7) is 1.66. The van der Waals surface area contributed by atoms with Crippen LogP contribution in [0.1, 0.15) is 25.7 Å². The number of nitrogens with zero attached hydrogens (tertiary/aromatic N) is 2. The van der Waals surface area contributed by atoms with Crippen LogP contribution in [0.2, 0.25) is 0 Å². The first-order valence-corrected chi connectivity index (χ1v) is 9.58. The zero-order valence-electron chi connectivity index (χ0n) is 14.2. The average molecular weight is 421 g/mol. The molecule has 2 atom stereocenters. The van der Waals surface area contributed by atoms with Gasteiger partial charge in [0.1, 0.15) is 11.7 Å². The first kappa shape index (κ1) is 17.3. The molecule has 138 valence electrons. The standard InChI is InChI=1S/C17H21BrN6O2/c18-10-6-20-16-14(15(10)24-5-1-2-9(19)8-24)12(7-21-16)23-17(26)11-3-4-13(25)22-11/h6-7,9,11H,1-5,8,19H2,(H,20,21)(H,22,25)(H,23,26). The SMILES string of the molecule is NC1CCCN(c2c(Br)cnc3[nH]cc(NC(=O)C4CCC(=O)N4)c23)C1. The lowest BCUT2D eigenvalue weighted by Crippen LogP contribution is -2.43. The Kier molecular flexibility index (Phi) is 4.58. The van der Waals surface area contributed by atoms with E-state index in [2.05, 4.69) is 41.4 Å². The summed E-state index contributed by atoms with van der Waals surface area (Å²) in [6.07, 6.45) is 6.44. The summed E-state index contributed by atoms with van der Waals surface area (Å²) in [7, 11) is 0. The molecule has 0 aliphatic carbocycles. The Morgan fingerprint density at radius 3 is 3.00 bits per heavy atom. The molecule has 2 aromatic heterocycles. The van der Waals surface area contributed by atoms with Gasteiger partial charge in [0.05, 0.1) is 21.2 Å². The van der Waals surface area contributed by atoms with E-state index in [0.29, 0.717) is 24.2 Å². The molecular formula is C17H21BrN6O2. The minimum atomic E-state index is -0.487. The van der Waals surface area contributed by atoms with E-state index in [-0.39, 0.29) is 17.9 Å². The Morgan fingerprint density at radius 1 is 1.42 bits per heavy atom. The monoisotopic (exact) mass is 420 g/mol. The number of aromatic nitrogens is 2. The van der Waals surface area contributed by atoms with Gasteiger partial charge in [0, 0.05) is 37.9 Å². The van der Waals surface area contributed by atoms with Gasteiger partial charge >= 0.3 is 0 Å². The van der Waals surface area contributed by atoms with Crippen LogP contribution >= 0.6 is 15.9 Å². The molecule has 8 nitrogen and oxygen atoms in total. The summed E-state index contributed by atoms with van der Waals surface area (Å²) >= 11 is 3.60. The molecule has 2 fully saturated rings. The van der Waals surface area contributed by atoms with Gasteiger partial charge in [-0.2, -0.15) is 0 Å². The second-order valence-corrected chi connectivity index (χ2v) is 7.73. The summed E-state index contributed by atoms with van der Waals surface area (Å²) in [5.41, 5.74) is 8.50. The predicted octanol–water partition coefficient (Wildman–Crippen LogP) is 1.47. The lowest BCUT2D eigenvalue weighted by Gasteiger charge is -2.33. The summed E-state index contributed by atoms with van der Waals surface area (Å²) in [4.78, 5) is 33.7. The molecule has 0 saturated carbocycles. The van der Waals surface area contributed by atoms with E-state index in [0.717, 1.165) is 41.5 Å². The van der Waals surface area contributed by atoms with E-state index >= 15 is 0 Å². The van der Waals surface area contributed by atoms with Gasteiger partial charge in [0.25, 0.3) is 0 Å². The lowest BCUT2D eigenvalue weighted by atomic mass is 10.1. The maximum absolute atomic E-state index is 12.5. The van der Waals surface area contributed by atoms with Gasteiger partial charge in [0.2, 0.25) is 11.8 Å². The van der Waals surface area contributed by atoms with Crippen molar-refractivity contribution in [2.24, 2.45) is 5.73 Å². The topological polar surface area (TPSA) is 116 Å². The number of H-pyrrole nitrogens is 1.